The molecule has 0 bridgehead atoms. The summed E-state index contributed by atoms with van der Waals surface area (Å²) in [4.78, 5) is 3.99. The fourth-order valence-electron chi connectivity index (χ4n) is 0.511. The molecule has 1 rings (SSSR count). The van der Waals surface area contributed by atoms with Crippen LogP contribution in [0.2, 0.25) is 0 Å². The van der Waals surface area contributed by atoms with Gasteiger partial charge >= 0.3 is 0 Å². The third-order valence-electron chi connectivity index (χ3n) is 0.932. The molecule has 0 aromatic carbocycles. The number of aliphatic imine (C=N–C) groups is 1. The highest BCUT2D eigenvalue weighted by molar-refractivity contribution is 5.93. The number of nitrogens with zero attached hydrogens (tertiary/aromatic N) is 1. The number of hydrogen-bond donors (Lipinski definition) is 1. The second kappa shape index (κ2) is 2.87. The maximum Gasteiger partial charge on any atom is 0.129 e. The first-order chi connectivity index (χ1) is 4.43. The smallest absolute Gasteiger partial charge is 0.129 e. The molecule has 0 spiro atoms. The molecule has 0 saturated carbocycles. The van der Waals surface area contributed by atoms with E-state index in [1.54, 1.807) is 12.3 Å². The minimum absolute atomic E-state index is 0.778. The molecule has 0 unspecified atom stereocenters. The van der Waals surface area contributed by atoms with Crippen LogP contribution in [0.15, 0.2) is 42.2 Å². The van der Waals surface area contributed by atoms with Crippen molar-refractivity contribution in [3.8, 4) is 0 Å². The van der Waals surface area contributed by atoms with Gasteiger partial charge in [0.15, 0.2) is 0 Å². The molecule has 0 atom stereocenters. The molecule has 1 aliphatic heterocycles. The second-order valence-corrected chi connectivity index (χ2v) is 1.56. The van der Waals surface area contributed by atoms with Gasteiger partial charge in [-0.1, -0.05) is 6.58 Å². The van der Waals surface area contributed by atoms with E-state index < -0.39 is 0 Å². The number of allylic oxidation sites excluding steroid dienone is 2. The summed E-state index contributed by atoms with van der Waals surface area (Å²) in [5, 5.41) is 2.92. The van der Waals surface area contributed by atoms with E-state index in [2.05, 4.69) is 16.9 Å². The van der Waals surface area contributed by atoms with Crippen molar-refractivity contribution < 1.29 is 0 Å². The lowest BCUT2D eigenvalue weighted by Gasteiger charge is -1.93. The molecule has 2 nitrogen and oxygen atoms in total. The van der Waals surface area contributed by atoms with Crippen molar-refractivity contribution in [1.82, 2.24) is 5.32 Å². The van der Waals surface area contributed by atoms with E-state index in [-0.39, 0.29) is 0 Å². The Hall–Kier alpha value is -1.31. The number of hydrogen-bond acceptors (Lipinski definition) is 2. The van der Waals surface area contributed by atoms with E-state index in [0.29, 0.717) is 0 Å². The SMILES string of the molecule is C=CC1=NC=CC=CN1. The van der Waals surface area contributed by atoms with Crippen molar-refractivity contribution >= 4 is 5.84 Å². The van der Waals surface area contributed by atoms with Gasteiger partial charge in [-0.25, -0.2) is 4.99 Å². The van der Waals surface area contributed by atoms with Gasteiger partial charge in [0.05, 0.1) is 0 Å². The van der Waals surface area contributed by atoms with Gasteiger partial charge in [0.25, 0.3) is 0 Å². The van der Waals surface area contributed by atoms with Crippen LogP contribution in [-0.4, -0.2) is 5.84 Å². The van der Waals surface area contributed by atoms with Crippen LogP contribution in [-0.2, 0) is 0 Å². The molecule has 0 radical (unpaired) electrons. The van der Waals surface area contributed by atoms with Crippen molar-refractivity contribution in [2.75, 3.05) is 0 Å². The standard InChI is InChI=1S/C7H8N2/c1-2-7-8-5-3-4-6-9-7/h2-6H,1H2,(H,8,9). The predicted molar refractivity (Wildman–Crippen MR) is 39.0 cm³/mol. The molecule has 9 heavy (non-hydrogen) atoms. The Morgan fingerprint density at radius 1 is 1.56 bits per heavy atom. The second-order valence-electron chi connectivity index (χ2n) is 1.56. The zero-order valence-electron chi connectivity index (χ0n) is 5.04. The molecule has 1 aliphatic rings. The van der Waals surface area contributed by atoms with E-state index in [1.807, 2.05) is 18.4 Å². The van der Waals surface area contributed by atoms with Crippen molar-refractivity contribution in [1.29, 1.82) is 0 Å². The summed E-state index contributed by atoms with van der Waals surface area (Å²) in [6.07, 6.45) is 8.92. The Bertz CT molecular complexity index is 187. The lowest BCUT2D eigenvalue weighted by atomic mass is 10.5. The van der Waals surface area contributed by atoms with E-state index >= 15 is 0 Å². The van der Waals surface area contributed by atoms with Crippen molar-refractivity contribution in [3.05, 3.63) is 37.2 Å². The van der Waals surface area contributed by atoms with Gasteiger partial charge in [0.2, 0.25) is 0 Å². The minimum atomic E-state index is 0.778. The molecule has 1 N–H and O–H groups in total. The summed E-state index contributed by atoms with van der Waals surface area (Å²) in [5.74, 6) is 0.778. The zero-order valence-corrected chi connectivity index (χ0v) is 5.04. The van der Waals surface area contributed by atoms with Gasteiger partial charge in [-0.2, -0.15) is 0 Å². The Morgan fingerprint density at radius 2 is 2.44 bits per heavy atom. The molecular weight excluding hydrogens is 112 g/mol. The summed E-state index contributed by atoms with van der Waals surface area (Å²) >= 11 is 0. The van der Waals surface area contributed by atoms with Crippen molar-refractivity contribution in [3.63, 3.8) is 0 Å². The molecule has 0 aliphatic carbocycles. The largest absolute Gasteiger partial charge is 0.347 e. The summed E-state index contributed by atoms with van der Waals surface area (Å²) < 4.78 is 0. The summed E-state index contributed by atoms with van der Waals surface area (Å²) in [7, 11) is 0. The van der Waals surface area contributed by atoms with Gasteiger partial charge in [-0.3, -0.25) is 0 Å². The van der Waals surface area contributed by atoms with Crippen LogP contribution in [0.25, 0.3) is 0 Å². The molecule has 0 aromatic heterocycles. The molecule has 0 saturated heterocycles. The highest BCUT2D eigenvalue weighted by atomic mass is 15.0. The Labute approximate surface area is 54.3 Å². The van der Waals surface area contributed by atoms with Crippen molar-refractivity contribution in [2.45, 2.75) is 0 Å². The fourth-order valence-corrected chi connectivity index (χ4v) is 0.511. The summed E-state index contributed by atoms with van der Waals surface area (Å²) in [6, 6.07) is 0. The lowest BCUT2D eigenvalue weighted by Crippen LogP contribution is -2.12. The summed E-state index contributed by atoms with van der Waals surface area (Å²) in [5.41, 5.74) is 0. The number of amidine groups is 1. The number of rotatable bonds is 1. The highest BCUT2D eigenvalue weighted by Gasteiger charge is 1.85. The summed E-state index contributed by atoms with van der Waals surface area (Å²) in [6.45, 7) is 3.56. The topological polar surface area (TPSA) is 24.4 Å². The van der Waals surface area contributed by atoms with E-state index in [4.69, 9.17) is 0 Å². The molecule has 2 heteroatoms. The van der Waals surface area contributed by atoms with Crippen LogP contribution in [0.3, 0.4) is 0 Å². The molecule has 0 aromatic rings. The average Bonchev–Trinajstić information content (AvgIpc) is 2.13. The van der Waals surface area contributed by atoms with Gasteiger partial charge in [-0.15, -0.1) is 0 Å². The Balaban J connectivity index is 2.73. The van der Waals surface area contributed by atoms with Crippen LogP contribution < -0.4 is 5.32 Å². The molecule has 0 amide bonds. The fraction of sp³-hybridized carbons (Fsp3) is 0. The lowest BCUT2D eigenvalue weighted by molar-refractivity contribution is 1.28. The van der Waals surface area contributed by atoms with Gasteiger partial charge in [0.1, 0.15) is 5.84 Å². The van der Waals surface area contributed by atoms with E-state index in [1.165, 1.54) is 0 Å². The molecule has 0 fully saturated rings. The van der Waals surface area contributed by atoms with Gasteiger partial charge in [0, 0.05) is 12.4 Å². The third kappa shape index (κ3) is 1.57. The maximum atomic E-state index is 3.99. The first-order valence-corrected chi connectivity index (χ1v) is 2.72. The highest BCUT2D eigenvalue weighted by Crippen LogP contribution is 1.85. The average molecular weight is 120 g/mol. The normalized spacial score (nSPS) is 15.8. The minimum Gasteiger partial charge on any atom is -0.347 e. The van der Waals surface area contributed by atoms with E-state index in [9.17, 15) is 0 Å². The van der Waals surface area contributed by atoms with Crippen LogP contribution in [0.4, 0.5) is 0 Å². The van der Waals surface area contributed by atoms with Gasteiger partial charge < -0.3 is 5.32 Å². The van der Waals surface area contributed by atoms with Crippen LogP contribution in [0.1, 0.15) is 0 Å². The van der Waals surface area contributed by atoms with Gasteiger partial charge in [-0.05, 0) is 18.2 Å². The number of nitrogens with one attached hydrogen (secondary N) is 1. The predicted octanol–water partition coefficient (Wildman–Crippen LogP) is 1.20. The monoisotopic (exact) mass is 120 g/mol. The zero-order chi connectivity index (χ0) is 6.53. The van der Waals surface area contributed by atoms with Crippen molar-refractivity contribution in [2.24, 2.45) is 4.99 Å². The molecular formula is C7H8N2. The van der Waals surface area contributed by atoms with Crippen LogP contribution in [0.5, 0.6) is 0 Å². The quantitative estimate of drug-likeness (QED) is 0.552. The van der Waals surface area contributed by atoms with Crippen LogP contribution >= 0.6 is 0 Å². The Kier molecular flexibility index (Phi) is 1.85. The van der Waals surface area contributed by atoms with E-state index in [0.717, 1.165) is 5.84 Å². The molecule has 46 valence electrons. The first kappa shape index (κ1) is 5.82. The Morgan fingerprint density at radius 3 is 3.22 bits per heavy atom. The maximum absolute atomic E-state index is 3.99. The first-order valence-electron chi connectivity index (χ1n) is 2.72. The third-order valence-corrected chi connectivity index (χ3v) is 0.932. The molecule has 1 heterocycles. The van der Waals surface area contributed by atoms with Crippen LogP contribution in [0, 0.1) is 0 Å².